The van der Waals surface area contributed by atoms with Gasteiger partial charge in [0.15, 0.2) is 0 Å². The Morgan fingerprint density at radius 2 is 1.86 bits per heavy atom. The van der Waals surface area contributed by atoms with Gasteiger partial charge in [0.05, 0.1) is 0 Å². The highest BCUT2D eigenvalue weighted by molar-refractivity contribution is 6.28. The smallest absolute Gasteiger partial charge is 0.292 e. The van der Waals surface area contributed by atoms with Crippen molar-refractivity contribution < 1.29 is 4.65 Å². The molecule has 0 amide bonds. The summed E-state index contributed by atoms with van der Waals surface area (Å²) in [6.45, 7) is 12.7. The minimum atomic E-state index is 0.437. The van der Waals surface area contributed by atoms with Crippen LogP contribution in [0.15, 0.2) is 0 Å². The molecule has 0 bridgehead atoms. The standard InChI is InChI=1S/C12H24BO/c1-11(2,3)9-12(4,5)6-10-7-13-14-8-10/h10H,6-9H2,1-5H3. The van der Waals surface area contributed by atoms with Gasteiger partial charge in [-0.25, -0.2) is 0 Å². The fraction of sp³-hybridized carbons (Fsp3) is 1.00. The van der Waals surface area contributed by atoms with E-state index in [1.54, 1.807) is 0 Å². The first-order valence-corrected chi connectivity index (χ1v) is 5.72. The number of rotatable bonds is 3. The van der Waals surface area contributed by atoms with Crippen molar-refractivity contribution in [3.8, 4) is 0 Å². The molecule has 1 atom stereocenters. The second-order valence-electron chi connectivity index (χ2n) is 6.71. The second-order valence-corrected chi connectivity index (χ2v) is 6.71. The first-order chi connectivity index (χ1) is 6.29. The molecular formula is C12H24BO. The Morgan fingerprint density at radius 1 is 1.21 bits per heavy atom. The van der Waals surface area contributed by atoms with E-state index in [0.717, 1.165) is 18.8 Å². The molecule has 0 aromatic carbocycles. The maximum absolute atomic E-state index is 5.31. The molecule has 14 heavy (non-hydrogen) atoms. The van der Waals surface area contributed by atoms with Gasteiger partial charge in [0.1, 0.15) is 0 Å². The molecule has 1 unspecified atom stereocenters. The lowest BCUT2D eigenvalue weighted by atomic mass is 9.70. The van der Waals surface area contributed by atoms with E-state index in [9.17, 15) is 0 Å². The average Bonchev–Trinajstić information content (AvgIpc) is 2.31. The maximum atomic E-state index is 5.31. The van der Waals surface area contributed by atoms with Crippen LogP contribution in [0, 0.1) is 16.7 Å². The van der Waals surface area contributed by atoms with Crippen LogP contribution in [0.4, 0.5) is 0 Å². The van der Waals surface area contributed by atoms with Crippen LogP contribution in [-0.4, -0.2) is 14.1 Å². The van der Waals surface area contributed by atoms with Crippen LogP contribution in [-0.2, 0) is 4.65 Å². The van der Waals surface area contributed by atoms with Gasteiger partial charge in [-0.2, -0.15) is 0 Å². The predicted octanol–water partition coefficient (Wildman–Crippen LogP) is 3.52. The molecule has 0 aromatic heterocycles. The molecule has 2 heteroatoms. The molecule has 0 aromatic rings. The molecule has 81 valence electrons. The summed E-state index contributed by atoms with van der Waals surface area (Å²) >= 11 is 0. The molecule has 1 aliphatic rings. The fourth-order valence-electron chi connectivity index (χ4n) is 2.91. The van der Waals surface area contributed by atoms with Gasteiger partial charge in [-0.3, -0.25) is 0 Å². The van der Waals surface area contributed by atoms with Gasteiger partial charge in [0, 0.05) is 6.61 Å². The zero-order chi connectivity index (χ0) is 10.8. The average molecular weight is 195 g/mol. The molecule has 1 aliphatic heterocycles. The minimum Gasteiger partial charge on any atom is -0.440 e. The van der Waals surface area contributed by atoms with Gasteiger partial charge in [-0.15, -0.1) is 0 Å². The quantitative estimate of drug-likeness (QED) is 0.626. The molecule has 1 radical (unpaired) electrons. The minimum absolute atomic E-state index is 0.437. The summed E-state index contributed by atoms with van der Waals surface area (Å²) in [6.07, 6.45) is 3.73. The predicted molar refractivity (Wildman–Crippen MR) is 62.5 cm³/mol. The van der Waals surface area contributed by atoms with Crippen LogP contribution in [0.5, 0.6) is 0 Å². The Labute approximate surface area is 89.9 Å². The third-order valence-electron chi connectivity index (χ3n) is 2.73. The summed E-state index contributed by atoms with van der Waals surface area (Å²) in [7, 11) is 1.97. The van der Waals surface area contributed by atoms with Gasteiger partial charge in [-0.1, -0.05) is 34.6 Å². The lowest BCUT2D eigenvalue weighted by Gasteiger charge is -2.34. The van der Waals surface area contributed by atoms with Crippen molar-refractivity contribution in [2.75, 3.05) is 6.61 Å². The van der Waals surface area contributed by atoms with Crippen LogP contribution in [0.25, 0.3) is 0 Å². The summed E-state index contributed by atoms with van der Waals surface area (Å²) in [4.78, 5) is 0. The van der Waals surface area contributed by atoms with Gasteiger partial charge in [0.2, 0.25) is 0 Å². The van der Waals surface area contributed by atoms with Crippen molar-refractivity contribution in [2.45, 2.75) is 53.8 Å². The molecule has 0 spiro atoms. The third kappa shape index (κ3) is 4.50. The van der Waals surface area contributed by atoms with Crippen LogP contribution < -0.4 is 0 Å². The van der Waals surface area contributed by atoms with Crippen molar-refractivity contribution in [3.05, 3.63) is 0 Å². The van der Waals surface area contributed by atoms with E-state index in [-0.39, 0.29) is 0 Å². The molecular weight excluding hydrogens is 171 g/mol. The normalized spacial score (nSPS) is 23.6. The second kappa shape index (κ2) is 4.26. The van der Waals surface area contributed by atoms with Gasteiger partial charge in [0.25, 0.3) is 7.48 Å². The van der Waals surface area contributed by atoms with Crippen molar-refractivity contribution >= 4 is 7.48 Å². The molecule has 1 fully saturated rings. The van der Waals surface area contributed by atoms with E-state index in [1.165, 1.54) is 12.8 Å². The molecule has 1 nitrogen and oxygen atoms in total. The Balaban J connectivity index is 2.40. The highest BCUT2D eigenvalue weighted by atomic mass is 16.4. The van der Waals surface area contributed by atoms with E-state index >= 15 is 0 Å². The van der Waals surface area contributed by atoms with E-state index in [4.69, 9.17) is 4.65 Å². The van der Waals surface area contributed by atoms with Crippen molar-refractivity contribution in [1.82, 2.24) is 0 Å². The summed E-state index contributed by atoms with van der Waals surface area (Å²) in [6, 6.07) is 0. The van der Waals surface area contributed by atoms with Crippen LogP contribution in [0.2, 0.25) is 6.32 Å². The Kier molecular flexibility index (Phi) is 3.68. The summed E-state index contributed by atoms with van der Waals surface area (Å²) in [5, 5.41) is 0. The fourth-order valence-corrected chi connectivity index (χ4v) is 2.91. The highest BCUT2D eigenvalue weighted by Crippen LogP contribution is 2.39. The van der Waals surface area contributed by atoms with Crippen molar-refractivity contribution in [1.29, 1.82) is 0 Å². The lowest BCUT2D eigenvalue weighted by Crippen LogP contribution is -2.23. The maximum Gasteiger partial charge on any atom is 0.292 e. The summed E-state index contributed by atoms with van der Waals surface area (Å²) in [5.74, 6) is 0.757. The van der Waals surface area contributed by atoms with Crippen LogP contribution >= 0.6 is 0 Å². The van der Waals surface area contributed by atoms with E-state index in [2.05, 4.69) is 34.6 Å². The topological polar surface area (TPSA) is 9.23 Å². The lowest BCUT2D eigenvalue weighted by molar-refractivity contribution is 0.162. The molecule has 0 N–H and O–H groups in total. The Hall–Kier alpha value is 0.0249. The molecule has 0 aliphatic carbocycles. The van der Waals surface area contributed by atoms with Crippen molar-refractivity contribution in [2.24, 2.45) is 16.7 Å². The van der Waals surface area contributed by atoms with Gasteiger partial charge in [-0.05, 0) is 35.9 Å². The van der Waals surface area contributed by atoms with Crippen molar-refractivity contribution in [3.63, 3.8) is 0 Å². The first kappa shape index (κ1) is 12.1. The van der Waals surface area contributed by atoms with E-state index in [1.807, 2.05) is 7.48 Å². The largest absolute Gasteiger partial charge is 0.440 e. The summed E-state index contributed by atoms with van der Waals surface area (Å²) in [5.41, 5.74) is 0.886. The Morgan fingerprint density at radius 3 is 2.29 bits per heavy atom. The van der Waals surface area contributed by atoms with Crippen LogP contribution in [0.3, 0.4) is 0 Å². The highest BCUT2D eigenvalue weighted by Gasteiger charge is 2.30. The first-order valence-electron chi connectivity index (χ1n) is 5.72. The monoisotopic (exact) mass is 195 g/mol. The summed E-state index contributed by atoms with van der Waals surface area (Å²) < 4.78 is 5.31. The number of hydrogen-bond acceptors (Lipinski definition) is 1. The zero-order valence-corrected chi connectivity index (χ0v) is 10.4. The zero-order valence-electron chi connectivity index (χ0n) is 10.4. The molecule has 1 heterocycles. The third-order valence-corrected chi connectivity index (χ3v) is 2.73. The molecule has 1 saturated heterocycles. The number of hydrogen-bond donors (Lipinski definition) is 0. The van der Waals surface area contributed by atoms with Gasteiger partial charge < -0.3 is 4.65 Å². The van der Waals surface area contributed by atoms with E-state index in [0.29, 0.717) is 10.8 Å². The Bertz CT molecular complexity index is 175. The SMILES string of the molecule is CC(C)(C)CC(C)(C)CC1C[B]OC1. The molecule has 0 saturated carbocycles. The van der Waals surface area contributed by atoms with E-state index < -0.39 is 0 Å². The molecule has 1 rings (SSSR count). The van der Waals surface area contributed by atoms with Gasteiger partial charge >= 0.3 is 0 Å². The van der Waals surface area contributed by atoms with Crippen LogP contribution in [0.1, 0.15) is 47.5 Å².